The van der Waals surface area contributed by atoms with Gasteiger partial charge in [-0.05, 0) is 48.5 Å². The summed E-state index contributed by atoms with van der Waals surface area (Å²) in [5.74, 6) is -0.655. The van der Waals surface area contributed by atoms with Gasteiger partial charge >= 0.3 is 0 Å². The third-order valence-corrected chi connectivity index (χ3v) is 3.52. The fourth-order valence-electron chi connectivity index (χ4n) is 2.29. The molecule has 0 atom stereocenters. The summed E-state index contributed by atoms with van der Waals surface area (Å²) in [7, 11) is 0. The lowest BCUT2D eigenvalue weighted by molar-refractivity contribution is 0.0917. The van der Waals surface area contributed by atoms with Crippen LogP contribution >= 0.6 is 0 Å². The van der Waals surface area contributed by atoms with Crippen molar-refractivity contribution in [3.8, 4) is 0 Å². The molecule has 0 aliphatic heterocycles. The normalized spacial score (nSPS) is 10.8. The van der Waals surface area contributed by atoms with Gasteiger partial charge in [0.2, 0.25) is 0 Å². The van der Waals surface area contributed by atoms with Crippen LogP contribution in [-0.2, 0) is 0 Å². The first-order valence-electron chi connectivity index (χ1n) is 6.93. The predicted molar refractivity (Wildman–Crippen MR) is 80.5 cm³/mol. The summed E-state index contributed by atoms with van der Waals surface area (Å²) in [6.07, 6.45) is 1.80. The minimum Gasteiger partial charge on any atom is -0.464 e. The van der Waals surface area contributed by atoms with Crippen LogP contribution in [0.25, 0.3) is 11.0 Å². The van der Waals surface area contributed by atoms with Crippen molar-refractivity contribution in [2.75, 3.05) is 0 Å². The Morgan fingerprint density at radius 3 is 2.23 bits per heavy atom. The van der Waals surface area contributed by atoms with Crippen molar-refractivity contribution in [3.05, 3.63) is 71.7 Å². The highest BCUT2D eigenvalue weighted by molar-refractivity contribution is 6.03. The van der Waals surface area contributed by atoms with Gasteiger partial charge in [-0.15, -0.1) is 0 Å². The molecular weight excluding hydrogens is 283 g/mol. The van der Waals surface area contributed by atoms with Gasteiger partial charge in [0.25, 0.3) is 0 Å². The van der Waals surface area contributed by atoms with Crippen LogP contribution in [0.2, 0.25) is 0 Å². The summed E-state index contributed by atoms with van der Waals surface area (Å²) >= 11 is 0. The van der Waals surface area contributed by atoms with Gasteiger partial charge in [0.15, 0.2) is 11.6 Å². The van der Waals surface area contributed by atoms with Crippen molar-refractivity contribution in [1.82, 2.24) is 0 Å². The van der Waals surface area contributed by atoms with Gasteiger partial charge in [-0.3, -0.25) is 9.59 Å². The molecule has 0 saturated heterocycles. The fraction of sp³-hybridized carbons (Fsp3) is 0.111. The molecule has 3 aromatic rings. The van der Waals surface area contributed by atoms with Crippen LogP contribution in [0.3, 0.4) is 0 Å². The second-order valence-corrected chi connectivity index (χ2v) is 5.03. The zero-order chi connectivity index (χ0) is 15.5. The minimum absolute atomic E-state index is 0.0986. The Bertz CT molecular complexity index is 831. The molecule has 0 bridgehead atoms. The van der Waals surface area contributed by atoms with E-state index in [2.05, 4.69) is 0 Å². The molecular formula is C18H13FO3. The lowest BCUT2D eigenvalue weighted by Gasteiger charge is -2.02. The number of ketones is 2. The van der Waals surface area contributed by atoms with Gasteiger partial charge in [0.05, 0.1) is 6.26 Å². The third-order valence-electron chi connectivity index (χ3n) is 3.52. The SMILES string of the molecule is O=C(CCC(=O)c1ccc2occc2c1)c1ccc(F)cc1. The van der Waals surface area contributed by atoms with Crippen molar-refractivity contribution < 1.29 is 18.4 Å². The number of rotatable bonds is 5. The molecule has 2 aromatic carbocycles. The molecule has 3 rings (SSSR count). The summed E-state index contributed by atoms with van der Waals surface area (Å²) in [4.78, 5) is 24.1. The standard InChI is InChI=1S/C18H13FO3/c19-15-4-1-12(2-5-15)16(20)6-7-17(21)13-3-8-18-14(11-13)9-10-22-18/h1-5,8-11H,6-7H2. The Morgan fingerprint density at radius 1 is 0.864 bits per heavy atom. The molecule has 0 saturated carbocycles. The average molecular weight is 296 g/mol. The van der Waals surface area contributed by atoms with E-state index in [0.29, 0.717) is 11.1 Å². The van der Waals surface area contributed by atoms with E-state index in [1.54, 1.807) is 30.5 Å². The monoisotopic (exact) mass is 296 g/mol. The molecule has 3 nitrogen and oxygen atoms in total. The Labute approximate surface area is 126 Å². The maximum Gasteiger partial charge on any atom is 0.163 e. The zero-order valence-electron chi connectivity index (χ0n) is 11.7. The summed E-state index contributed by atoms with van der Waals surface area (Å²) in [5.41, 5.74) is 1.69. The molecule has 0 spiro atoms. The van der Waals surface area contributed by atoms with Gasteiger partial charge < -0.3 is 4.42 Å². The first kappa shape index (κ1) is 14.2. The van der Waals surface area contributed by atoms with Crippen LogP contribution < -0.4 is 0 Å². The van der Waals surface area contributed by atoms with Crippen molar-refractivity contribution in [1.29, 1.82) is 0 Å². The van der Waals surface area contributed by atoms with E-state index in [0.717, 1.165) is 11.0 Å². The Morgan fingerprint density at radius 2 is 1.50 bits per heavy atom. The van der Waals surface area contributed by atoms with E-state index in [1.807, 2.05) is 0 Å². The molecule has 110 valence electrons. The maximum absolute atomic E-state index is 12.8. The highest BCUT2D eigenvalue weighted by Gasteiger charge is 2.12. The van der Waals surface area contributed by atoms with Gasteiger partial charge in [-0.2, -0.15) is 0 Å². The molecule has 0 aliphatic carbocycles. The lowest BCUT2D eigenvalue weighted by Crippen LogP contribution is -2.05. The van der Waals surface area contributed by atoms with Crippen molar-refractivity contribution >= 4 is 22.5 Å². The quantitative estimate of drug-likeness (QED) is 0.655. The lowest BCUT2D eigenvalue weighted by atomic mass is 10.0. The molecule has 4 heteroatoms. The van der Waals surface area contributed by atoms with E-state index >= 15 is 0 Å². The number of benzene rings is 2. The van der Waals surface area contributed by atoms with Gasteiger partial charge in [-0.1, -0.05) is 0 Å². The number of fused-ring (bicyclic) bond motifs is 1. The topological polar surface area (TPSA) is 47.3 Å². The predicted octanol–water partition coefficient (Wildman–Crippen LogP) is 4.42. The molecule has 0 N–H and O–H groups in total. The zero-order valence-corrected chi connectivity index (χ0v) is 11.7. The van der Waals surface area contributed by atoms with Gasteiger partial charge in [0, 0.05) is 29.4 Å². The highest BCUT2D eigenvalue weighted by Crippen LogP contribution is 2.18. The first-order chi connectivity index (χ1) is 10.6. The number of Topliss-reactive ketones (excluding diaryl/α,β-unsaturated/α-hetero) is 2. The molecule has 22 heavy (non-hydrogen) atoms. The fourth-order valence-corrected chi connectivity index (χ4v) is 2.29. The van der Waals surface area contributed by atoms with E-state index in [1.165, 1.54) is 24.3 Å². The number of carbonyl (C=O) groups is 2. The molecule has 0 unspecified atom stereocenters. The molecule has 0 aliphatic rings. The van der Waals surface area contributed by atoms with E-state index in [-0.39, 0.29) is 30.2 Å². The largest absolute Gasteiger partial charge is 0.464 e. The summed E-state index contributed by atoms with van der Waals surface area (Å²) in [6, 6.07) is 12.3. The summed E-state index contributed by atoms with van der Waals surface area (Å²) in [6.45, 7) is 0. The number of carbonyl (C=O) groups excluding carboxylic acids is 2. The Hall–Kier alpha value is -2.75. The molecule has 0 fully saturated rings. The van der Waals surface area contributed by atoms with Crippen LogP contribution in [0.5, 0.6) is 0 Å². The molecule has 1 heterocycles. The summed E-state index contributed by atoms with van der Waals surface area (Å²) in [5, 5.41) is 0.857. The highest BCUT2D eigenvalue weighted by atomic mass is 19.1. The number of furan rings is 1. The number of hydrogen-bond acceptors (Lipinski definition) is 3. The second kappa shape index (κ2) is 5.93. The number of hydrogen-bond donors (Lipinski definition) is 0. The van der Waals surface area contributed by atoms with Crippen molar-refractivity contribution in [2.45, 2.75) is 12.8 Å². The molecule has 0 amide bonds. The smallest absolute Gasteiger partial charge is 0.163 e. The first-order valence-corrected chi connectivity index (χ1v) is 6.93. The van der Waals surface area contributed by atoms with Crippen LogP contribution in [0.15, 0.2) is 59.2 Å². The number of halogens is 1. The second-order valence-electron chi connectivity index (χ2n) is 5.03. The van der Waals surface area contributed by atoms with Crippen LogP contribution in [0.1, 0.15) is 33.6 Å². The van der Waals surface area contributed by atoms with Crippen molar-refractivity contribution in [3.63, 3.8) is 0 Å². The van der Waals surface area contributed by atoms with E-state index in [4.69, 9.17) is 4.42 Å². The molecule has 1 aromatic heterocycles. The van der Waals surface area contributed by atoms with Gasteiger partial charge in [-0.25, -0.2) is 4.39 Å². The van der Waals surface area contributed by atoms with E-state index in [9.17, 15) is 14.0 Å². The maximum atomic E-state index is 12.8. The Kier molecular flexibility index (Phi) is 3.83. The van der Waals surface area contributed by atoms with Crippen LogP contribution in [0.4, 0.5) is 4.39 Å². The van der Waals surface area contributed by atoms with Crippen molar-refractivity contribution in [2.24, 2.45) is 0 Å². The van der Waals surface area contributed by atoms with Crippen LogP contribution in [-0.4, -0.2) is 11.6 Å². The van der Waals surface area contributed by atoms with Crippen LogP contribution in [0, 0.1) is 5.82 Å². The van der Waals surface area contributed by atoms with Gasteiger partial charge in [0.1, 0.15) is 11.4 Å². The average Bonchev–Trinajstić information content (AvgIpc) is 3.00. The third kappa shape index (κ3) is 2.96. The Balaban J connectivity index is 1.66. The van der Waals surface area contributed by atoms with E-state index < -0.39 is 0 Å². The summed E-state index contributed by atoms with van der Waals surface area (Å²) < 4.78 is 18.0. The molecule has 0 radical (unpaired) electrons. The minimum atomic E-state index is -0.388.